The molecule has 0 spiro atoms. The van der Waals surface area contributed by atoms with Crippen molar-refractivity contribution < 1.29 is 22.8 Å². The first-order chi connectivity index (χ1) is 10.8. The zero-order chi connectivity index (χ0) is 17.0. The smallest absolute Gasteiger partial charge is 0.286 e. The van der Waals surface area contributed by atoms with E-state index in [4.69, 9.17) is 0 Å². The lowest BCUT2D eigenvalue weighted by molar-refractivity contribution is -0.163. The zero-order valence-electron chi connectivity index (χ0n) is 11.8. The van der Waals surface area contributed by atoms with E-state index in [1.54, 1.807) is 24.3 Å². The van der Waals surface area contributed by atoms with Gasteiger partial charge in [0.05, 0.1) is 10.6 Å². The molecule has 0 radical (unpaired) electrons. The molecule has 0 aliphatic rings. The van der Waals surface area contributed by atoms with Gasteiger partial charge in [-0.05, 0) is 30.5 Å². The van der Waals surface area contributed by atoms with Crippen LogP contribution in [0.25, 0.3) is 0 Å². The number of Topliss-reactive ketones (excluding diaryl/α,β-unsaturated/α-hetero) is 2. The van der Waals surface area contributed by atoms with E-state index in [2.05, 4.69) is 10.5 Å². The minimum Gasteiger partial charge on any atom is -0.286 e. The summed E-state index contributed by atoms with van der Waals surface area (Å²) in [5.74, 6) is -3.35. The molecular weight excluding hydrogens is 329 g/mol. The van der Waals surface area contributed by atoms with Gasteiger partial charge in [-0.15, -0.1) is 11.3 Å². The molecule has 0 bridgehead atoms. The normalized spacial score (nSPS) is 12.1. The number of nitrogens with one attached hydrogen (secondary N) is 1. The van der Waals surface area contributed by atoms with Crippen molar-refractivity contribution in [2.24, 2.45) is 5.10 Å². The van der Waals surface area contributed by atoms with Gasteiger partial charge in [-0.1, -0.05) is 23.8 Å². The first-order valence-corrected chi connectivity index (χ1v) is 7.27. The molecule has 0 saturated carbocycles. The van der Waals surface area contributed by atoms with Crippen LogP contribution in [0.15, 0.2) is 46.9 Å². The zero-order valence-corrected chi connectivity index (χ0v) is 12.7. The fraction of sp³-hybridized carbons (Fsp3) is 0.133. The first-order valence-electron chi connectivity index (χ1n) is 6.39. The van der Waals surface area contributed by atoms with Crippen LogP contribution >= 0.6 is 11.3 Å². The van der Waals surface area contributed by atoms with Crippen LogP contribution in [0.3, 0.4) is 0 Å². The number of nitrogens with zero attached hydrogens (tertiary/aromatic N) is 1. The monoisotopic (exact) mass is 340 g/mol. The summed E-state index contributed by atoms with van der Waals surface area (Å²) in [5, 5.41) is 4.92. The number of alkyl halides is 3. The van der Waals surface area contributed by atoms with Crippen LogP contribution < -0.4 is 5.43 Å². The lowest BCUT2D eigenvalue weighted by atomic mass is 10.1. The lowest BCUT2D eigenvalue weighted by Crippen LogP contribution is -2.36. The Morgan fingerprint density at radius 2 is 1.78 bits per heavy atom. The number of carbonyl (C=O) groups excluding carboxylic acids is 2. The maximum atomic E-state index is 12.7. The quantitative estimate of drug-likeness (QED) is 0.389. The van der Waals surface area contributed by atoms with Crippen molar-refractivity contribution in [2.75, 3.05) is 5.43 Å². The Labute approximate surface area is 133 Å². The van der Waals surface area contributed by atoms with Crippen LogP contribution in [0.2, 0.25) is 0 Å². The Bertz CT molecular complexity index is 735. The average Bonchev–Trinajstić information content (AvgIpc) is 3.02. The number of aryl methyl sites for hydroxylation is 1. The molecule has 0 saturated heterocycles. The van der Waals surface area contributed by atoms with Gasteiger partial charge in [0.2, 0.25) is 5.78 Å². The van der Waals surface area contributed by atoms with E-state index in [1.807, 2.05) is 6.92 Å². The van der Waals surface area contributed by atoms with E-state index in [1.165, 1.54) is 17.5 Å². The highest BCUT2D eigenvalue weighted by molar-refractivity contribution is 7.13. The maximum Gasteiger partial charge on any atom is 0.456 e. The van der Waals surface area contributed by atoms with Crippen molar-refractivity contribution in [2.45, 2.75) is 13.1 Å². The summed E-state index contributed by atoms with van der Waals surface area (Å²) in [7, 11) is 0. The number of carbonyl (C=O) groups is 2. The van der Waals surface area contributed by atoms with Crippen molar-refractivity contribution in [3.63, 3.8) is 0 Å². The molecule has 0 unspecified atom stereocenters. The molecule has 23 heavy (non-hydrogen) atoms. The summed E-state index contributed by atoms with van der Waals surface area (Å²) in [4.78, 5) is 23.6. The fourth-order valence-corrected chi connectivity index (χ4v) is 2.28. The minimum absolute atomic E-state index is 0.00653. The van der Waals surface area contributed by atoms with Gasteiger partial charge < -0.3 is 0 Å². The van der Waals surface area contributed by atoms with E-state index < -0.39 is 23.5 Å². The maximum absolute atomic E-state index is 12.7. The van der Waals surface area contributed by atoms with Crippen molar-refractivity contribution >= 4 is 34.3 Å². The molecule has 1 heterocycles. The highest BCUT2D eigenvalue weighted by Crippen LogP contribution is 2.20. The largest absolute Gasteiger partial charge is 0.456 e. The summed E-state index contributed by atoms with van der Waals surface area (Å²) in [6.45, 7) is 1.84. The summed E-state index contributed by atoms with van der Waals surface area (Å²) < 4.78 is 38.0. The molecule has 1 aromatic carbocycles. The number of halogens is 3. The molecule has 0 aliphatic carbocycles. The third-order valence-corrected chi connectivity index (χ3v) is 3.65. The third kappa shape index (κ3) is 4.26. The summed E-state index contributed by atoms with van der Waals surface area (Å²) in [6.07, 6.45) is -5.18. The number of hydrogen-bond donors (Lipinski definition) is 1. The molecule has 0 fully saturated rings. The van der Waals surface area contributed by atoms with Gasteiger partial charge in [0.25, 0.3) is 5.78 Å². The van der Waals surface area contributed by atoms with Crippen LogP contribution in [0.1, 0.15) is 15.2 Å². The predicted molar refractivity (Wildman–Crippen MR) is 81.9 cm³/mol. The Morgan fingerprint density at radius 1 is 1.13 bits per heavy atom. The van der Waals surface area contributed by atoms with Gasteiger partial charge in [-0.25, -0.2) is 0 Å². The molecule has 120 valence electrons. The number of ketones is 2. The van der Waals surface area contributed by atoms with Crippen molar-refractivity contribution in [1.82, 2.24) is 0 Å². The number of hydrazone groups is 1. The van der Waals surface area contributed by atoms with E-state index in [0.717, 1.165) is 16.9 Å². The van der Waals surface area contributed by atoms with Gasteiger partial charge in [0.1, 0.15) is 0 Å². The molecule has 1 N–H and O–H groups in total. The third-order valence-electron chi connectivity index (χ3n) is 2.78. The van der Waals surface area contributed by atoms with E-state index in [-0.39, 0.29) is 4.88 Å². The molecule has 0 aliphatic heterocycles. The minimum atomic E-state index is -5.18. The van der Waals surface area contributed by atoms with Crippen molar-refractivity contribution in [3.8, 4) is 0 Å². The lowest BCUT2D eigenvalue weighted by Gasteiger charge is -2.08. The van der Waals surface area contributed by atoms with Crippen LogP contribution in [0, 0.1) is 6.92 Å². The topological polar surface area (TPSA) is 58.5 Å². The Hall–Kier alpha value is -2.48. The average molecular weight is 340 g/mol. The van der Waals surface area contributed by atoms with Crippen molar-refractivity contribution in [3.05, 3.63) is 52.2 Å². The van der Waals surface area contributed by atoms with Gasteiger partial charge >= 0.3 is 6.18 Å². The van der Waals surface area contributed by atoms with Crippen LogP contribution in [-0.4, -0.2) is 23.5 Å². The number of rotatable bonds is 5. The van der Waals surface area contributed by atoms with Crippen LogP contribution in [0.4, 0.5) is 18.9 Å². The van der Waals surface area contributed by atoms with E-state index in [0.29, 0.717) is 5.69 Å². The number of thiophene rings is 1. The van der Waals surface area contributed by atoms with E-state index >= 15 is 0 Å². The molecule has 0 amide bonds. The van der Waals surface area contributed by atoms with Gasteiger partial charge in [-0.2, -0.15) is 18.3 Å². The second-order valence-corrected chi connectivity index (χ2v) is 5.52. The van der Waals surface area contributed by atoms with Crippen LogP contribution in [-0.2, 0) is 4.79 Å². The predicted octanol–water partition coefficient (Wildman–Crippen LogP) is 3.84. The second kappa shape index (κ2) is 6.74. The Morgan fingerprint density at radius 3 is 2.30 bits per heavy atom. The number of benzene rings is 1. The fourth-order valence-electron chi connectivity index (χ4n) is 1.61. The SMILES string of the molecule is Cc1ccc(N/N=C(/C(=O)c2cccs2)C(=O)C(F)(F)F)cc1. The Kier molecular flexibility index (Phi) is 4.95. The van der Waals surface area contributed by atoms with Crippen molar-refractivity contribution in [1.29, 1.82) is 0 Å². The van der Waals surface area contributed by atoms with E-state index in [9.17, 15) is 22.8 Å². The molecule has 1 aromatic heterocycles. The number of hydrogen-bond acceptors (Lipinski definition) is 5. The standard InChI is InChI=1S/C15H11F3N2O2S/c1-9-4-6-10(7-5-9)19-20-12(14(22)15(16,17)18)13(21)11-3-2-8-23-11/h2-8,19H,1H3/b20-12-. The highest BCUT2D eigenvalue weighted by Gasteiger charge is 2.44. The molecule has 4 nitrogen and oxygen atoms in total. The molecule has 2 rings (SSSR count). The number of anilines is 1. The Balaban J connectivity index is 2.33. The molecule has 0 atom stereocenters. The molecule has 2 aromatic rings. The second-order valence-electron chi connectivity index (χ2n) is 4.57. The van der Waals surface area contributed by atoms with Crippen LogP contribution in [0.5, 0.6) is 0 Å². The summed E-state index contributed by atoms with van der Waals surface area (Å²) >= 11 is 0.933. The summed E-state index contributed by atoms with van der Waals surface area (Å²) in [6, 6.07) is 9.40. The highest BCUT2D eigenvalue weighted by atomic mass is 32.1. The molecule has 8 heteroatoms. The molecular formula is C15H11F3N2O2S. The van der Waals surface area contributed by atoms with Gasteiger partial charge in [-0.3, -0.25) is 15.0 Å². The first kappa shape index (κ1) is 16.9. The summed E-state index contributed by atoms with van der Waals surface area (Å²) in [5.41, 5.74) is 2.43. The van der Waals surface area contributed by atoms with Gasteiger partial charge in [0, 0.05) is 0 Å². The van der Waals surface area contributed by atoms with Gasteiger partial charge in [0.15, 0.2) is 5.71 Å².